The van der Waals surface area contributed by atoms with Crippen LogP contribution in [0.25, 0.3) is 0 Å². The summed E-state index contributed by atoms with van der Waals surface area (Å²) < 4.78 is 0. The largest absolute Gasteiger partial charge is 0.395 e. The highest BCUT2D eigenvalue weighted by atomic mass is 16.3. The summed E-state index contributed by atoms with van der Waals surface area (Å²) in [6.45, 7) is 7.73. The molecular weight excluding hydrogens is 128 g/mol. The number of hydrogen-bond donors (Lipinski definition) is 3. The predicted molar refractivity (Wildman–Crippen MR) is 44.7 cm³/mol. The molecule has 0 bridgehead atoms. The lowest BCUT2D eigenvalue weighted by Gasteiger charge is -2.06. The zero-order valence-electron chi connectivity index (χ0n) is 7.39. The Morgan fingerprint density at radius 2 is 1.50 bits per heavy atom. The molecule has 0 spiro atoms. The number of nitrogens with two attached hydrogens (primary N) is 2. The van der Waals surface area contributed by atoms with E-state index in [1.165, 1.54) is 0 Å². The van der Waals surface area contributed by atoms with Gasteiger partial charge in [0.1, 0.15) is 0 Å². The number of aliphatic hydroxyl groups excluding tert-OH is 1. The topological polar surface area (TPSA) is 72.3 Å². The van der Waals surface area contributed by atoms with Gasteiger partial charge in [-0.3, -0.25) is 0 Å². The quantitative estimate of drug-likeness (QED) is 0.492. The van der Waals surface area contributed by atoms with Gasteiger partial charge in [-0.1, -0.05) is 0 Å². The lowest BCUT2D eigenvalue weighted by Crippen LogP contribution is -2.26. The molecule has 1 unspecified atom stereocenters. The third-order valence-corrected chi connectivity index (χ3v) is 0.288. The van der Waals surface area contributed by atoms with Crippen LogP contribution in [0, 0.1) is 0 Å². The van der Waals surface area contributed by atoms with Crippen molar-refractivity contribution in [1.82, 2.24) is 0 Å². The first-order valence-corrected chi connectivity index (χ1v) is 3.42. The predicted octanol–water partition coefficient (Wildman–Crippen LogP) is 0.0695. The fraction of sp³-hybridized carbons (Fsp3) is 1.00. The first-order valence-electron chi connectivity index (χ1n) is 3.42. The van der Waals surface area contributed by atoms with Crippen LogP contribution in [0.2, 0.25) is 0 Å². The molecule has 0 aromatic heterocycles. The van der Waals surface area contributed by atoms with Gasteiger partial charge in [-0.25, -0.2) is 0 Å². The molecule has 1 atom stereocenters. The second-order valence-electron chi connectivity index (χ2n) is 3.53. The maximum Gasteiger partial charge on any atom is 0.0579 e. The van der Waals surface area contributed by atoms with E-state index < -0.39 is 0 Å². The van der Waals surface area contributed by atoms with Crippen LogP contribution < -0.4 is 11.5 Å². The highest BCUT2D eigenvalue weighted by Crippen LogP contribution is 1.88. The minimum atomic E-state index is -0.0602. The summed E-state index contributed by atoms with van der Waals surface area (Å²) in [4.78, 5) is 0. The van der Waals surface area contributed by atoms with Crippen molar-refractivity contribution in [3.8, 4) is 0 Å². The van der Waals surface area contributed by atoms with Crippen molar-refractivity contribution >= 4 is 0 Å². The van der Waals surface area contributed by atoms with Crippen molar-refractivity contribution in [3.05, 3.63) is 0 Å². The summed E-state index contributed by atoms with van der Waals surface area (Å²) in [5.74, 6) is 0. The SMILES string of the molecule is CC(C)(C)N.CC(N)CO. The average Bonchev–Trinajstić information content (AvgIpc) is 1.61. The molecule has 3 nitrogen and oxygen atoms in total. The van der Waals surface area contributed by atoms with Gasteiger partial charge in [-0.15, -0.1) is 0 Å². The normalized spacial score (nSPS) is 13.5. The van der Waals surface area contributed by atoms with Crippen LogP contribution in [0.4, 0.5) is 0 Å². The smallest absolute Gasteiger partial charge is 0.0579 e. The number of rotatable bonds is 1. The Balaban J connectivity index is 0. The third-order valence-electron chi connectivity index (χ3n) is 0.288. The lowest BCUT2D eigenvalue weighted by molar-refractivity contribution is 0.273. The molecule has 0 radical (unpaired) electrons. The Morgan fingerprint density at radius 3 is 1.50 bits per heavy atom. The minimum absolute atomic E-state index is 0. The molecule has 10 heavy (non-hydrogen) atoms. The number of hydrogen-bond acceptors (Lipinski definition) is 3. The average molecular weight is 148 g/mol. The van der Waals surface area contributed by atoms with E-state index in [4.69, 9.17) is 16.6 Å². The molecule has 0 heterocycles. The highest BCUT2D eigenvalue weighted by Gasteiger charge is 1.95. The van der Waals surface area contributed by atoms with Crippen LogP contribution in [0.1, 0.15) is 27.7 Å². The molecule has 0 aromatic rings. The molecule has 0 rings (SSSR count). The highest BCUT2D eigenvalue weighted by molar-refractivity contribution is 4.60. The summed E-state index contributed by atoms with van der Waals surface area (Å²) >= 11 is 0. The van der Waals surface area contributed by atoms with E-state index in [9.17, 15) is 0 Å². The molecule has 0 aromatic carbocycles. The zero-order valence-corrected chi connectivity index (χ0v) is 7.39. The Hall–Kier alpha value is -0.120. The molecular formula is C7H20N2O. The third kappa shape index (κ3) is 106. The Kier molecular flexibility index (Phi) is 7.09. The first-order chi connectivity index (χ1) is 4.27. The maximum absolute atomic E-state index is 8.02. The van der Waals surface area contributed by atoms with E-state index in [2.05, 4.69) is 0 Å². The number of aliphatic hydroxyl groups is 1. The van der Waals surface area contributed by atoms with E-state index >= 15 is 0 Å². The van der Waals surface area contributed by atoms with Gasteiger partial charge in [0.15, 0.2) is 0 Å². The van der Waals surface area contributed by atoms with Gasteiger partial charge in [0.25, 0.3) is 0 Å². The molecule has 5 N–H and O–H groups in total. The molecule has 0 aliphatic carbocycles. The van der Waals surface area contributed by atoms with Crippen LogP contribution in [-0.2, 0) is 0 Å². The Bertz CT molecular complexity index is 60.5. The second kappa shape index (κ2) is 5.65. The van der Waals surface area contributed by atoms with Crippen molar-refractivity contribution in [2.24, 2.45) is 11.5 Å². The Morgan fingerprint density at radius 1 is 1.40 bits per heavy atom. The van der Waals surface area contributed by atoms with Crippen LogP contribution >= 0.6 is 0 Å². The van der Waals surface area contributed by atoms with E-state index in [-0.39, 0.29) is 18.2 Å². The van der Waals surface area contributed by atoms with Crippen molar-refractivity contribution in [3.63, 3.8) is 0 Å². The molecule has 3 heteroatoms. The molecule has 0 fully saturated rings. The van der Waals surface area contributed by atoms with Crippen molar-refractivity contribution in [2.75, 3.05) is 6.61 Å². The van der Waals surface area contributed by atoms with Crippen LogP contribution in [0.5, 0.6) is 0 Å². The van der Waals surface area contributed by atoms with Gasteiger partial charge >= 0.3 is 0 Å². The lowest BCUT2D eigenvalue weighted by atomic mass is 10.1. The summed E-state index contributed by atoms with van der Waals surface area (Å²) in [6, 6.07) is -0.0602. The van der Waals surface area contributed by atoms with Crippen LogP contribution in [0.15, 0.2) is 0 Å². The van der Waals surface area contributed by atoms with Gasteiger partial charge < -0.3 is 16.6 Å². The summed E-state index contributed by atoms with van der Waals surface area (Å²) in [7, 11) is 0. The fourth-order valence-corrected chi connectivity index (χ4v) is 0. The molecule has 0 amide bonds. The van der Waals surface area contributed by atoms with E-state index in [0.29, 0.717) is 0 Å². The second-order valence-corrected chi connectivity index (χ2v) is 3.53. The van der Waals surface area contributed by atoms with E-state index in [1.54, 1.807) is 6.92 Å². The van der Waals surface area contributed by atoms with Gasteiger partial charge in [-0.05, 0) is 27.7 Å². The summed E-state index contributed by atoms with van der Waals surface area (Å²) in [6.07, 6.45) is 0. The van der Waals surface area contributed by atoms with Crippen molar-refractivity contribution in [1.29, 1.82) is 0 Å². The summed E-state index contributed by atoms with van der Waals surface area (Å²) in [5, 5.41) is 8.02. The molecule has 0 saturated heterocycles. The van der Waals surface area contributed by atoms with E-state index in [0.717, 1.165) is 0 Å². The van der Waals surface area contributed by atoms with Crippen LogP contribution in [-0.4, -0.2) is 23.3 Å². The monoisotopic (exact) mass is 148 g/mol. The molecule has 64 valence electrons. The van der Waals surface area contributed by atoms with Gasteiger partial charge in [0, 0.05) is 11.6 Å². The Labute approximate surface area is 63.4 Å². The van der Waals surface area contributed by atoms with Gasteiger partial charge in [0.2, 0.25) is 0 Å². The van der Waals surface area contributed by atoms with Gasteiger partial charge in [0.05, 0.1) is 6.61 Å². The van der Waals surface area contributed by atoms with Crippen molar-refractivity contribution < 1.29 is 5.11 Å². The molecule has 0 saturated carbocycles. The minimum Gasteiger partial charge on any atom is -0.395 e. The summed E-state index contributed by atoms with van der Waals surface area (Å²) in [5.41, 5.74) is 10.4. The van der Waals surface area contributed by atoms with E-state index in [1.807, 2.05) is 20.8 Å². The standard InChI is InChI=1S/C4H11N.C3H9NO/c1-4(2,3)5;1-3(4)2-5/h5H2,1-3H3;3,5H,2,4H2,1H3. The van der Waals surface area contributed by atoms with Gasteiger partial charge in [-0.2, -0.15) is 0 Å². The molecule has 0 aliphatic rings. The fourth-order valence-electron chi connectivity index (χ4n) is 0. The van der Waals surface area contributed by atoms with Crippen LogP contribution in [0.3, 0.4) is 0 Å². The van der Waals surface area contributed by atoms with Crippen molar-refractivity contribution in [2.45, 2.75) is 39.3 Å². The maximum atomic E-state index is 8.02. The zero-order chi connectivity index (χ0) is 8.78. The first kappa shape index (κ1) is 12.5. The molecule has 0 aliphatic heterocycles.